The van der Waals surface area contributed by atoms with Gasteiger partial charge in [0.15, 0.2) is 0 Å². The number of hydrogen-bond donors (Lipinski definition) is 1. The number of halogens is 1. The number of benzene rings is 2. The molecule has 0 spiro atoms. The summed E-state index contributed by atoms with van der Waals surface area (Å²) < 4.78 is 7.07. The Bertz CT molecular complexity index is 1160. The van der Waals surface area contributed by atoms with Crippen molar-refractivity contribution in [2.24, 2.45) is 0 Å². The summed E-state index contributed by atoms with van der Waals surface area (Å²) in [6.07, 6.45) is 5.86. The topological polar surface area (TPSA) is 84.7 Å². The van der Waals surface area contributed by atoms with E-state index in [1.807, 2.05) is 41.1 Å². The van der Waals surface area contributed by atoms with Crippen molar-refractivity contribution < 1.29 is 19.4 Å². The largest absolute Gasteiger partial charge is 0.507 e. The van der Waals surface area contributed by atoms with Crippen LogP contribution in [0.15, 0.2) is 72.8 Å². The number of aliphatic hydroxyl groups excluding tert-OH is 1. The highest BCUT2D eigenvalue weighted by molar-refractivity contribution is 6.46. The van der Waals surface area contributed by atoms with Gasteiger partial charge in [-0.25, -0.2) is 4.98 Å². The zero-order chi connectivity index (χ0) is 22.7. The first kappa shape index (κ1) is 21.6. The third-order valence-corrected chi connectivity index (χ3v) is 5.75. The molecule has 0 aliphatic carbocycles. The molecule has 0 bridgehead atoms. The van der Waals surface area contributed by atoms with E-state index < -0.39 is 17.7 Å². The maximum Gasteiger partial charge on any atom is 0.295 e. The minimum absolute atomic E-state index is 0.0464. The van der Waals surface area contributed by atoms with E-state index in [-0.39, 0.29) is 11.3 Å². The molecule has 2 aromatic carbocycles. The number of rotatable bonds is 7. The second-order valence-corrected chi connectivity index (χ2v) is 7.81. The molecule has 1 aliphatic rings. The van der Waals surface area contributed by atoms with Crippen LogP contribution in [0, 0.1) is 0 Å². The van der Waals surface area contributed by atoms with Gasteiger partial charge in [0.2, 0.25) is 0 Å². The summed E-state index contributed by atoms with van der Waals surface area (Å²) in [5, 5.41) is 11.4. The van der Waals surface area contributed by atoms with Crippen molar-refractivity contribution in [3.63, 3.8) is 0 Å². The molecular formula is C24H22ClN3O4. The van der Waals surface area contributed by atoms with Crippen molar-refractivity contribution in [1.29, 1.82) is 0 Å². The van der Waals surface area contributed by atoms with Crippen molar-refractivity contribution in [1.82, 2.24) is 14.5 Å². The molecule has 0 radical (unpaired) electrons. The summed E-state index contributed by atoms with van der Waals surface area (Å²) in [4.78, 5) is 31.5. The Hall–Kier alpha value is -3.58. The lowest BCUT2D eigenvalue weighted by atomic mass is 9.95. The smallest absolute Gasteiger partial charge is 0.295 e. The van der Waals surface area contributed by atoms with Gasteiger partial charge in [-0.05, 0) is 30.2 Å². The third-order valence-electron chi connectivity index (χ3n) is 5.46. The lowest BCUT2D eigenvalue weighted by Crippen LogP contribution is -2.31. The van der Waals surface area contributed by atoms with Crippen LogP contribution >= 0.6 is 11.6 Å². The van der Waals surface area contributed by atoms with Gasteiger partial charge in [-0.2, -0.15) is 0 Å². The molecule has 1 N–H and O–H groups in total. The van der Waals surface area contributed by atoms with Crippen molar-refractivity contribution >= 4 is 29.1 Å². The maximum atomic E-state index is 13.0. The van der Waals surface area contributed by atoms with Gasteiger partial charge in [-0.3, -0.25) is 9.59 Å². The van der Waals surface area contributed by atoms with Crippen LogP contribution in [-0.4, -0.2) is 44.9 Å². The molecule has 3 aromatic rings. The predicted molar refractivity (Wildman–Crippen MR) is 120 cm³/mol. The van der Waals surface area contributed by atoms with E-state index in [4.69, 9.17) is 16.3 Å². The summed E-state index contributed by atoms with van der Waals surface area (Å²) in [6, 6.07) is 13.3. The molecule has 1 amide bonds. The zero-order valence-corrected chi connectivity index (χ0v) is 18.2. The number of nitrogens with zero attached hydrogens (tertiary/aromatic N) is 3. The summed E-state index contributed by atoms with van der Waals surface area (Å²) >= 11 is 6.22. The highest BCUT2D eigenvalue weighted by Gasteiger charge is 2.45. The Morgan fingerprint density at radius 1 is 1.16 bits per heavy atom. The van der Waals surface area contributed by atoms with Gasteiger partial charge >= 0.3 is 0 Å². The molecule has 0 unspecified atom stereocenters. The molecule has 1 atom stereocenters. The molecular weight excluding hydrogens is 430 g/mol. The first-order valence-electron chi connectivity index (χ1n) is 10.1. The van der Waals surface area contributed by atoms with Crippen molar-refractivity contribution in [3.05, 3.63) is 89.0 Å². The number of hydrogen-bond acceptors (Lipinski definition) is 5. The lowest BCUT2D eigenvalue weighted by Gasteiger charge is -2.25. The minimum atomic E-state index is -0.717. The molecule has 164 valence electrons. The number of imidazole rings is 1. The van der Waals surface area contributed by atoms with E-state index in [1.165, 1.54) is 18.1 Å². The number of aryl methyl sites for hydroxylation is 1. The fourth-order valence-corrected chi connectivity index (χ4v) is 4.16. The monoisotopic (exact) mass is 451 g/mol. The number of carbonyl (C=O) groups excluding carboxylic acids is 2. The van der Waals surface area contributed by atoms with E-state index >= 15 is 0 Å². The SMILES string of the molecule is COc1ccc(C(O)=C2C(=O)C(=O)N(CCCn3ccnc3)[C@H]2c2ccccc2)cc1Cl. The summed E-state index contributed by atoms with van der Waals surface area (Å²) in [5.74, 6) is -1.17. The molecule has 8 heteroatoms. The first-order valence-corrected chi connectivity index (χ1v) is 10.5. The normalized spacial score (nSPS) is 17.7. The van der Waals surface area contributed by atoms with Crippen LogP contribution in [0.5, 0.6) is 5.75 Å². The zero-order valence-electron chi connectivity index (χ0n) is 17.4. The van der Waals surface area contributed by atoms with E-state index in [2.05, 4.69) is 4.98 Å². The van der Waals surface area contributed by atoms with Crippen LogP contribution in [-0.2, 0) is 16.1 Å². The van der Waals surface area contributed by atoms with Crippen LogP contribution in [0.25, 0.3) is 5.76 Å². The maximum absolute atomic E-state index is 13.0. The van der Waals surface area contributed by atoms with Gasteiger partial charge in [0.1, 0.15) is 11.5 Å². The number of aliphatic hydroxyl groups is 1. The molecule has 1 saturated heterocycles. The van der Waals surface area contributed by atoms with E-state index in [1.54, 1.807) is 24.7 Å². The number of likely N-dealkylation sites (tertiary alicyclic amines) is 1. The van der Waals surface area contributed by atoms with Crippen molar-refractivity contribution in [2.75, 3.05) is 13.7 Å². The van der Waals surface area contributed by atoms with Crippen LogP contribution < -0.4 is 4.74 Å². The Balaban J connectivity index is 1.72. The Labute approximate surface area is 190 Å². The second kappa shape index (κ2) is 9.28. The molecule has 1 aliphatic heterocycles. The number of ketones is 1. The van der Waals surface area contributed by atoms with Crippen LogP contribution in [0.3, 0.4) is 0 Å². The minimum Gasteiger partial charge on any atom is -0.507 e. The average Bonchev–Trinajstić information content (AvgIpc) is 3.41. The third kappa shape index (κ3) is 4.11. The van der Waals surface area contributed by atoms with E-state index in [0.29, 0.717) is 35.8 Å². The number of amides is 1. The van der Waals surface area contributed by atoms with Gasteiger partial charge < -0.3 is 19.3 Å². The number of methoxy groups -OCH3 is 1. The van der Waals surface area contributed by atoms with Gasteiger partial charge in [0.05, 0.1) is 30.1 Å². The number of ether oxygens (including phenoxy) is 1. The standard InChI is InChI=1S/C24H22ClN3O4/c1-32-19-9-8-17(14-18(19)25)22(29)20-21(16-6-3-2-4-7-16)28(24(31)23(20)30)12-5-11-27-13-10-26-15-27/h2-4,6-10,13-15,21,29H,5,11-12H2,1H3/t21-/m0/s1. The summed E-state index contributed by atoms with van der Waals surface area (Å²) in [5.41, 5.74) is 1.13. The fraction of sp³-hybridized carbons (Fsp3) is 0.208. The van der Waals surface area contributed by atoms with Crippen LogP contribution in [0.2, 0.25) is 5.02 Å². The fourth-order valence-electron chi connectivity index (χ4n) is 3.90. The average molecular weight is 452 g/mol. The van der Waals surface area contributed by atoms with E-state index in [9.17, 15) is 14.7 Å². The molecule has 2 heterocycles. The van der Waals surface area contributed by atoms with Gasteiger partial charge in [-0.1, -0.05) is 41.9 Å². The summed E-state index contributed by atoms with van der Waals surface area (Å²) in [6.45, 7) is 1.00. The number of aromatic nitrogens is 2. The highest BCUT2D eigenvalue weighted by Crippen LogP contribution is 2.40. The van der Waals surface area contributed by atoms with Crippen molar-refractivity contribution in [3.8, 4) is 5.75 Å². The quantitative estimate of drug-likeness (QED) is 0.332. The van der Waals surface area contributed by atoms with E-state index in [0.717, 1.165) is 5.56 Å². The molecule has 0 saturated carbocycles. The molecule has 4 rings (SSSR count). The van der Waals surface area contributed by atoms with Gasteiger partial charge in [0.25, 0.3) is 11.7 Å². The lowest BCUT2D eigenvalue weighted by molar-refractivity contribution is -0.139. The molecule has 1 fully saturated rings. The summed E-state index contributed by atoms with van der Waals surface area (Å²) in [7, 11) is 1.49. The second-order valence-electron chi connectivity index (χ2n) is 7.41. The Morgan fingerprint density at radius 3 is 2.59 bits per heavy atom. The number of carbonyl (C=O) groups is 2. The van der Waals surface area contributed by atoms with Crippen LogP contribution in [0.4, 0.5) is 0 Å². The van der Waals surface area contributed by atoms with Crippen LogP contribution in [0.1, 0.15) is 23.6 Å². The molecule has 1 aromatic heterocycles. The molecule has 7 nitrogen and oxygen atoms in total. The highest BCUT2D eigenvalue weighted by atomic mass is 35.5. The first-order chi connectivity index (χ1) is 15.5. The number of Topliss-reactive ketones (excluding diaryl/α,β-unsaturated/α-hetero) is 1. The van der Waals surface area contributed by atoms with Gasteiger partial charge in [0, 0.05) is 31.0 Å². The van der Waals surface area contributed by atoms with Crippen molar-refractivity contribution in [2.45, 2.75) is 19.0 Å². The molecule has 32 heavy (non-hydrogen) atoms. The predicted octanol–water partition coefficient (Wildman–Crippen LogP) is 4.06. The Kier molecular flexibility index (Phi) is 6.28. The van der Waals surface area contributed by atoms with Gasteiger partial charge in [-0.15, -0.1) is 0 Å². The Morgan fingerprint density at radius 2 is 1.94 bits per heavy atom.